The van der Waals surface area contributed by atoms with Gasteiger partial charge in [0, 0.05) is 22.8 Å². The van der Waals surface area contributed by atoms with Gasteiger partial charge in [-0.05, 0) is 25.1 Å². The lowest BCUT2D eigenvalue weighted by molar-refractivity contribution is -0.384. The molecule has 0 aliphatic carbocycles. The molecule has 0 unspecified atom stereocenters. The summed E-state index contributed by atoms with van der Waals surface area (Å²) in [5.74, 6) is -0.205. The first-order valence-corrected chi connectivity index (χ1v) is 6.13. The largest absolute Gasteiger partial charge is 0.454 e. The molecule has 0 atom stereocenters. The van der Waals surface area contributed by atoms with Gasteiger partial charge in [-0.2, -0.15) is 0 Å². The second-order valence-corrected chi connectivity index (χ2v) is 4.40. The van der Waals surface area contributed by atoms with E-state index in [4.69, 9.17) is 8.85 Å². The summed E-state index contributed by atoms with van der Waals surface area (Å²) in [6, 6.07) is 10.2. The lowest BCUT2D eigenvalue weighted by atomic mass is 10.1. The number of carbonyl (C=O) groups is 1. The van der Waals surface area contributed by atoms with E-state index >= 15 is 0 Å². The van der Waals surface area contributed by atoms with Crippen LogP contribution in [0.1, 0.15) is 21.3 Å². The molecule has 2 aromatic carbocycles. The molecule has 0 saturated carbocycles. The van der Waals surface area contributed by atoms with Crippen LogP contribution in [0.25, 0.3) is 0 Å². The maximum absolute atomic E-state index is 12.8. The summed E-state index contributed by atoms with van der Waals surface area (Å²) >= 11 is 0. The van der Waals surface area contributed by atoms with Gasteiger partial charge in [0.25, 0.3) is 11.6 Å². The first kappa shape index (κ1) is 9.93. The number of rotatable bonds is 2. The minimum absolute atomic E-state index is 0.0513. The summed E-state index contributed by atoms with van der Waals surface area (Å²) in [6.45, 7) is -2.93. The van der Waals surface area contributed by atoms with Crippen LogP contribution in [-0.4, -0.2) is 17.4 Å². The molecular formula is C15H12N2O4. The van der Waals surface area contributed by atoms with E-state index in [1.165, 1.54) is 12.1 Å². The van der Waals surface area contributed by atoms with E-state index < -0.39 is 24.2 Å². The molecule has 2 aromatic rings. The van der Waals surface area contributed by atoms with Crippen LogP contribution >= 0.6 is 0 Å². The molecule has 0 aromatic heterocycles. The van der Waals surface area contributed by atoms with Crippen LogP contribution < -0.4 is 9.64 Å². The number of ether oxygens (including phenoxy) is 1. The highest BCUT2D eigenvalue weighted by Crippen LogP contribution is 2.39. The molecule has 0 saturated heterocycles. The lowest BCUT2D eigenvalue weighted by Crippen LogP contribution is -2.29. The average Bonchev–Trinajstić information content (AvgIpc) is 2.62. The molecule has 1 amide bonds. The molecule has 1 aliphatic heterocycles. The summed E-state index contributed by atoms with van der Waals surface area (Å²) in [7, 11) is 0. The molecule has 3 rings (SSSR count). The first-order valence-electron chi connectivity index (χ1n) is 7.63. The van der Waals surface area contributed by atoms with Crippen molar-refractivity contribution in [2.45, 2.75) is 6.85 Å². The van der Waals surface area contributed by atoms with Gasteiger partial charge < -0.3 is 9.64 Å². The molecule has 106 valence electrons. The molecule has 21 heavy (non-hydrogen) atoms. The highest BCUT2D eigenvalue weighted by molar-refractivity contribution is 6.10. The smallest absolute Gasteiger partial charge is 0.270 e. The van der Waals surface area contributed by atoms with E-state index in [0.717, 1.165) is 11.0 Å². The lowest BCUT2D eigenvalue weighted by Gasteiger charge is -2.19. The quantitative estimate of drug-likeness (QED) is 0.627. The third kappa shape index (κ3) is 2.10. The number of para-hydroxylation sites is 2. The van der Waals surface area contributed by atoms with Crippen LogP contribution in [-0.2, 0) is 0 Å². The zero-order valence-electron chi connectivity index (χ0n) is 13.8. The maximum Gasteiger partial charge on any atom is 0.270 e. The molecule has 0 spiro atoms. The van der Waals surface area contributed by atoms with Crippen molar-refractivity contribution in [2.75, 3.05) is 11.4 Å². The predicted octanol–water partition coefficient (Wildman–Crippen LogP) is 3.37. The third-order valence-corrected chi connectivity index (χ3v) is 3.18. The number of benzene rings is 2. The Bertz CT molecular complexity index is 836. The second-order valence-electron chi connectivity index (χ2n) is 4.40. The Kier molecular flexibility index (Phi) is 2.32. The molecule has 0 bridgehead atoms. The standard InChI is InChI=1S/C15H12N2O4/c1-2-16-12-5-3-4-6-14(12)21-13-8-7-10(17(19)20)9-11(13)15(16)18/h3-9H,2H2,1H3/i1D3. The highest BCUT2D eigenvalue weighted by Gasteiger charge is 2.28. The van der Waals surface area contributed by atoms with Crippen molar-refractivity contribution in [3.05, 3.63) is 58.1 Å². The number of fused-ring (bicyclic) bond motifs is 2. The number of hydrogen-bond donors (Lipinski definition) is 0. The molecule has 1 aliphatic rings. The van der Waals surface area contributed by atoms with Crippen molar-refractivity contribution >= 4 is 17.3 Å². The van der Waals surface area contributed by atoms with Gasteiger partial charge in [0.2, 0.25) is 0 Å². The number of non-ortho nitro benzene ring substituents is 1. The Balaban J connectivity index is 2.17. The second kappa shape index (κ2) is 4.90. The number of amides is 1. The highest BCUT2D eigenvalue weighted by atomic mass is 16.6. The molecular weight excluding hydrogens is 272 g/mol. The predicted molar refractivity (Wildman–Crippen MR) is 77.0 cm³/mol. The Hall–Kier alpha value is -2.89. The van der Waals surface area contributed by atoms with E-state index in [1.54, 1.807) is 24.3 Å². The Labute approximate surface area is 124 Å². The minimum atomic E-state index is -2.39. The van der Waals surface area contributed by atoms with Gasteiger partial charge in [0.1, 0.15) is 5.75 Å². The zero-order chi connectivity index (χ0) is 17.5. The van der Waals surface area contributed by atoms with E-state index in [-0.39, 0.29) is 17.0 Å². The first-order chi connectivity index (χ1) is 11.3. The van der Waals surface area contributed by atoms with Crippen LogP contribution in [0, 0.1) is 10.1 Å². The van der Waals surface area contributed by atoms with E-state index in [0.29, 0.717) is 11.4 Å². The van der Waals surface area contributed by atoms with Gasteiger partial charge in [0.15, 0.2) is 5.75 Å². The Morgan fingerprint density at radius 2 is 2.10 bits per heavy atom. The van der Waals surface area contributed by atoms with Crippen molar-refractivity contribution < 1.29 is 18.6 Å². The van der Waals surface area contributed by atoms with Gasteiger partial charge in [-0.3, -0.25) is 14.9 Å². The van der Waals surface area contributed by atoms with Crippen molar-refractivity contribution in [2.24, 2.45) is 0 Å². The van der Waals surface area contributed by atoms with Crippen LogP contribution in [0.3, 0.4) is 0 Å². The molecule has 0 radical (unpaired) electrons. The minimum Gasteiger partial charge on any atom is -0.454 e. The molecule has 6 heteroatoms. The maximum atomic E-state index is 12.8. The van der Waals surface area contributed by atoms with Gasteiger partial charge in [0.05, 0.1) is 16.2 Å². The SMILES string of the molecule is [2H]C([2H])([2H])CN1C(=O)c2cc([N+](=O)[O-])ccc2Oc2ccccc21. The fourth-order valence-corrected chi connectivity index (χ4v) is 2.18. The van der Waals surface area contributed by atoms with E-state index in [9.17, 15) is 14.9 Å². The number of hydrogen-bond acceptors (Lipinski definition) is 4. The van der Waals surface area contributed by atoms with Crippen molar-refractivity contribution in [1.82, 2.24) is 0 Å². The molecule has 0 fully saturated rings. The van der Waals surface area contributed by atoms with Crippen LogP contribution in [0.15, 0.2) is 42.5 Å². The summed E-state index contributed by atoms with van der Waals surface area (Å²) in [4.78, 5) is 24.2. The van der Waals surface area contributed by atoms with Crippen molar-refractivity contribution in [3.63, 3.8) is 0 Å². The zero-order valence-corrected chi connectivity index (χ0v) is 10.8. The number of carbonyl (C=O) groups excluding carboxylic acids is 1. The number of nitrogens with zero attached hydrogens (tertiary/aromatic N) is 2. The normalized spacial score (nSPS) is 15.7. The van der Waals surface area contributed by atoms with Crippen molar-refractivity contribution in [3.8, 4) is 11.5 Å². The van der Waals surface area contributed by atoms with Crippen LogP contribution in [0.4, 0.5) is 11.4 Å². The van der Waals surface area contributed by atoms with E-state index in [1.807, 2.05) is 0 Å². The van der Waals surface area contributed by atoms with Crippen molar-refractivity contribution in [1.29, 1.82) is 0 Å². The molecule has 1 heterocycles. The Morgan fingerprint density at radius 3 is 2.86 bits per heavy atom. The van der Waals surface area contributed by atoms with Crippen LogP contribution in [0.2, 0.25) is 0 Å². The number of anilines is 1. The van der Waals surface area contributed by atoms with Gasteiger partial charge in [-0.25, -0.2) is 0 Å². The molecule has 6 nitrogen and oxygen atoms in total. The number of nitro benzene ring substituents is 1. The van der Waals surface area contributed by atoms with Gasteiger partial charge in [-0.1, -0.05) is 12.1 Å². The van der Waals surface area contributed by atoms with E-state index in [2.05, 4.69) is 0 Å². The average molecular weight is 287 g/mol. The van der Waals surface area contributed by atoms with Crippen LogP contribution in [0.5, 0.6) is 11.5 Å². The fraction of sp³-hybridized carbons (Fsp3) is 0.133. The van der Waals surface area contributed by atoms with Gasteiger partial charge >= 0.3 is 0 Å². The summed E-state index contributed by atoms with van der Waals surface area (Å²) < 4.78 is 28.1. The Morgan fingerprint density at radius 1 is 1.29 bits per heavy atom. The topological polar surface area (TPSA) is 72.7 Å². The summed E-state index contributed by atoms with van der Waals surface area (Å²) in [6.07, 6.45) is 0. The number of nitro groups is 1. The monoisotopic (exact) mass is 287 g/mol. The molecule has 0 N–H and O–H groups in total. The van der Waals surface area contributed by atoms with Gasteiger partial charge in [-0.15, -0.1) is 0 Å². The fourth-order valence-electron chi connectivity index (χ4n) is 2.18. The summed E-state index contributed by atoms with van der Waals surface area (Å²) in [5, 5.41) is 11.0. The third-order valence-electron chi connectivity index (χ3n) is 3.18. The summed E-state index contributed by atoms with van der Waals surface area (Å²) in [5.41, 5.74) is -0.0207.